The largest absolute Gasteiger partial charge is 0.360 e. The molecule has 1 aromatic heterocycles. The van der Waals surface area contributed by atoms with Crippen LogP contribution in [0.3, 0.4) is 0 Å². The summed E-state index contributed by atoms with van der Waals surface area (Å²) in [5.41, 5.74) is 1.34. The van der Waals surface area contributed by atoms with Crippen LogP contribution in [0, 0.1) is 11.3 Å². The van der Waals surface area contributed by atoms with Crippen LogP contribution in [0.2, 0.25) is 5.02 Å². The Kier molecular flexibility index (Phi) is 5.13. The minimum atomic E-state index is -0.181. The van der Waals surface area contributed by atoms with Crippen LogP contribution in [0.25, 0.3) is 0 Å². The van der Waals surface area contributed by atoms with Crippen LogP contribution in [0.5, 0.6) is 0 Å². The lowest BCUT2D eigenvalue weighted by Gasteiger charge is -2.09. The number of pyridine rings is 1. The molecule has 0 radical (unpaired) electrons. The van der Waals surface area contributed by atoms with Gasteiger partial charge in [-0.3, -0.25) is 4.79 Å². The van der Waals surface area contributed by atoms with Gasteiger partial charge in [-0.1, -0.05) is 41.9 Å². The SMILES string of the molecule is N#Cc1ccnc(NCC(=O)NCc2ccccc2)c1Cl. The molecule has 0 aliphatic rings. The van der Waals surface area contributed by atoms with Gasteiger partial charge in [0.05, 0.1) is 12.1 Å². The Hall–Kier alpha value is -2.58. The van der Waals surface area contributed by atoms with E-state index in [1.54, 1.807) is 0 Å². The van der Waals surface area contributed by atoms with Crippen molar-refractivity contribution in [1.82, 2.24) is 10.3 Å². The Morgan fingerprint density at radius 1 is 1.29 bits per heavy atom. The molecule has 0 spiro atoms. The maximum atomic E-state index is 11.7. The van der Waals surface area contributed by atoms with Gasteiger partial charge < -0.3 is 10.6 Å². The average molecular weight is 301 g/mol. The van der Waals surface area contributed by atoms with Gasteiger partial charge in [0.15, 0.2) is 0 Å². The second-order valence-electron chi connectivity index (χ2n) is 4.25. The predicted octanol–water partition coefficient (Wildman–Crippen LogP) is 2.33. The Morgan fingerprint density at radius 3 is 2.76 bits per heavy atom. The standard InChI is InChI=1S/C15H13ClN4O/c16-14-12(8-17)6-7-18-15(14)20-10-13(21)19-9-11-4-2-1-3-5-11/h1-7H,9-10H2,(H,18,20)(H,19,21). The average Bonchev–Trinajstić information content (AvgIpc) is 2.53. The van der Waals surface area contributed by atoms with Crippen LogP contribution in [-0.4, -0.2) is 17.4 Å². The maximum absolute atomic E-state index is 11.7. The molecule has 0 unspecified atom stereocenters. The number of carbonyl (C=O) groups excluding carboxylic acids is 1. The summed E-state index contributed by atoms with van der Waals surface area (Å²) in [5, 5.41) is 14.7. The van der Waals surface area contributed by atoms with E-state index in [-0.39, 0.29) is 17.5 Å². The number of hydrogen-bond donors (Lipinski definition) is 2. The Morgan fingerprint density at radius 2 is 2.05 bits per heavy atom. The Balaban J connectivity index is 1.86. The second-order valence-corrected chi connectivity index (χ2v) is 4.63. The molecule has 0 atom stereocenters. The first-order chi connectivity index (χ1) is 10.2. The van der Waals surface area contributed by atoms with Gasteiger partial charge >= 0.3 is 0 Å². The summed E-state index contributed by atoms with van der Waals surface area (Å²) in [5.74, 6) is 0.143. The van der Waals surface area contributed by atoms with E-state index in [1.165, 1.54) is 12.3 Å². The molecule has 2 N–H and O–H groups in total. The van der Waals surface area contributed by atoms with Gasteiger partial charge in [-0.15, -0.1) is 0 Å². The summed E-state index contributed by atoms with van der Waals surface area (Å²) in [4.78, 5) is 15.7. The Bertz CT molecular complexity index is 667. The molecular formula is C15H13ClN4O. The number of benzene rings is 1. The zero-order chi connectivity index (χ0) is 15.1. The molecule has 1 amide bonds. The third kappa shape index (κ3) is 4.20. The fourth-order valence-electron chi connectivity index (χ4n) is 1.68. The first-order valence-corrected chi connectivity index (χ1v) is 6.67. The van der Waals surface area contributed by atoms with E-state index in [0.29, 0.717) is 17.9 Å². The number of hydrogen-bond acceptors (Lipinski definition) is 4. The van der Waals surface area contributed by atoms with Crippen molar-refractivity contribution in [2.75, 3.05) is 11.9 Å². The maximum Gasteiger partial charge on any atom is 0.239 e. The molecule has 5 nitrogen and oxygen atoms in total. The summed E-state index contributed by atoms with van der Waals surface area (Å²) < 4.78 is 0. The number of rotatable bonds is 5. The fraction of sp³-hybridized carbons (Fsp3) is 0.133. The monoisotopic (exact) mass is 300 g/mol. The van der Waals surface area contributed by atoms with Crippen molar-refractivity contribution in [2.45, 2.75) is 6.54 Å². The number of aromatic nitrogens is 1. The molecule has 0 saturated heterocycles. The summed E-state index contributed by atoms with van der Waals surface area (Å²) >= 11 is 5.99. The summed E-state index contributed by atoms with van der Waals surface area (Å²) in [6.07, 6.45) is 1.47. The molecule has 6 heteroatoms. The van der Waals surface area contributed by atoms with E-state index in [2.05, 4.69) is 15.6 Å². The van der Waals surface area contributed by atoms with E-state index in [4.69, 9.17) is 16.9 Å². The highest BCUT2D eigenvalue weighted by Gasteiger charge is 2.08. The van der Waals surface area contributed by atoms with E-state index >= 15 is 0 Å². The summed E-state index contributed by atoms with van der Waals surface area (Å²) in [7, 11) is 0. The minimum absolute atomic E-state index is 0.0361. The molecule has 2 rings (SSSR count). The van der Waals surface area contributed by atoms with E-state index < -0.39 is 0 Å². The zero-order valence-corrected chi connectivity index (χ0v) is 11.9. The highest BCUT2D eigenvalue weighted by Crippen LogP contribution is 2.22. The fourth-order valence-corrected chi connectivity index (χ4v) is 1.90. The number of anilines is 1. The quantitative estimate of drug-likeness (QED) is 0.888. The van der Waals surface area contributed by atoms with Gasteiger partial charge in [-0.25, -0.2) is 4.98 Å². The molecule has 2 aromatic rings. The smallest absolute Gasteiger partial charge is 0.239 e. The van der Waals surface area contributed by atoms with E-state index in [0.717, 1.165) is 5.56 Å². The van der Waals surface area contributed by atoms with Gasteiger partial charge in [-0.2, -0.15) is 5.26 Å². The minimum Gasteiger partial charge on any atom is -0.360 e. The molecule has 0 saturated carbocycles. The lowest BCUT2D eigenvalue weighted by atomic mass is 10.2. The summed E-state index contributed by atoms with van der Waals surface area (Å²) in [6, 6.07) is 13.1. The van der Waals surface area contributed by atoms with Gasteiger partial charge in [-0.05, 0) is 11.6 Å². The van der Waals surface area contributed by atoms with Gasteiger partial charge in [0, 0.05) is 12.7 Å². The van der Waals surface area contributed by atoms with Crippen molar-refractivity contribution < 1.29 is 4.79 Å². The molecule has 0 fully saturated rings. The topological polar surface area (TPSA) is 77.8 Å². The third-order valence-corrected chi connectivity index (χ3v) is 3.14. The predicted molar refractivity (Wildman–Crippen MR) is 80.7 cm³/mol. The molecular weight excluding hydrogens is 288 g/mol. The van der Waals surface area contributed by atoms with Crippen LogP contribution in [0.4, 0.5) is 5.82 Å². The number of amides is 1. The number of halogens is 1. The number of nitrogens with zero attached hydrogens (tertiary/aromatic N) is 2. The van der Waals surface area contributed by atoms with Gasteiger partial charge in [0.2, 0.25) is 5.91 Å². The summed E-state index contributed by atoms with van der Waals surface area (Å²) in [6.45, 7) is 0.495. The number of carbonyl (C=O) groups is 1. The van der Waals surface area contributed by atoms with E-state index in [1.807, 2.05) is 36.4 Å². The van der Waals surface area contributed by atoms with Crippen molar-refractivity contribution in [2.24, 2.45) is 0 Å². The van der Waals surface area contributed by atoms with Crippen molar-refractivity contribution in [3.8, 4) is 6.07 Å². The highest BCUT2D eigenvalue weighted by atomic mass is 35.5. The van der Waals surface area contributed by atoms with Gasteiger partial charge in [0.1, 0.15) is 16.9 Å². The van der Waals surface area contributed by atoms with Crippen molar-refractivity contribution in [3.05, 3.63) is 58.7 Å². The molecule has 21 heavy (non-hydrogen) atoms. The van der Waals surface area contributed by atoms with Crippen molar-refractivity contribution in [1.29, 1.82) is 5.26 Å². The lowest BCUT2D eigenvalue weighted by molar-refractivity contribution is -0.119. The number of nitrogens with one attached hydrogen (secondary N) is 2. The van der Waals surface area contributed by atoms with Crippen molar-refractivity contribution in [3.63, 3.8) is 0 Å². The first-order valence-electron chi connectivity index (χ1n) is 6.30. The Labute approximate surface area is 127 Å². The van der Waals surface area contributed by atoms with E-state index in [9.17, 15) is 4.79 Å². The molecule has 106 valence electrons. The van der Waals surface area contributed by atoms with Crippen LogP contribution >= 0.6 is 11.6 Å². The molecule has 0 bridgehead atoms. The van der Waals surface area contributed by atoms with Crippen LogP contribution in [0.15, 0.2) is 42.6 Å². The van der Waals surface area contributed by atoms with Crippen LogP contribution in [0.1, 0.15) is 11.1 Å². The molecule has 0 aliphatic heterocycles. The number of nitriles is 1. The molecule has 0 aliphatic carbocycles. The molecule has 1 aromatic carbocycles. The van der Waals surface area contributed by atoms with Crippen LogP contribution < -0.4 is 10.6 Å². The highest BCUT2D eigenvalue weighted by molar-refractivity contribution is 6.34. The van der Waals surface area contributed by atoms with Crippen LogP contribution in [-0.2, 0) is 11.3 Å². The molecule has 1 heterocycles. The lowest BCUT2D eigenvalue weighted by Crippen LogP contribution is -2.29. The third-order valence-electron chi connectivity index (χ3n) is 2.76. The normalized spacial score (nSPS) is 9.71. The first kappa shape index (κ1) is 14.8. The van der Waals surface area contributed by atoms with Crippen molar-refractivity contribution >= 4 is 23.3 Å². The second kappa shape index (κ2) is 7.27. The van der Waals surface area contributed by atoms with Gasteiger partial charge in [0.25, 0.3) is 0 Å². The zero-order valence-electron chi connectivity index (χ0n) is 11.1.